The van der Waals surface area contributed by atoms with E-state index in [0.717, 1.165) is 16.9 Å². The zero-order chi connectivity index (χ0) is 14.8. The fourth-order valence-corrected chi connectivity index (χ4v) is 2.91. The molecule has 1 aliphatic carbocycles. The van der Waals surface area contributed by atoms with E-state index in [4.69, 9.17) is 22.2 Å². The number of halogens is 1. The summed E-state index contributed by atoms with van der Waals surface area (Å²) in [6.07, 6.45) is 0.773. The summed E-state index contributed by atoms with van der Waals surface area (Å²) in [5.41, 5.74) is 6.83. The fourth-order valence-electron chi connectivity index (χ4n) is 2.17. The molecule has 4 nitrogen and oxygen atoms in total. The van der Waals surface area contributed by atoms with Crippen molar-refractivity contribution in [3.63, 3.8) is 0 Å². The van der Waals surface area contributed by atoms with Crippen molar-refractivity contribution in [2.75, 3.05) is 0 Å². The third-order valence-electron chi connectivity index (χ3n) is 3.40. The van der Waals surface area contributed by atoms with E-state index in [-0.39, 0.29) is 23.6 Å². The molecule has 0 amide bonds. The van der Waals surface area contributed by atoms with Gasteiger partial charge in [0.15, 0.2) is 5.84 Å². The first kappa shape index (κ1) is 14.1. The van der Waals surface area contributed by atoms with Crippen LogP contribution in [0.5, 0.6) is 0 Å². The molecule has 2 N–H and O–H groups in total. The van der Waals surface area contributed by atoms with Gasteiger partial charge in [0.1, 0.15) is 0 Å². The number of amidine groups is 1. The quantitative estimate of drug-likeness (QED) is 0.406. The maximum absolute atomic E-state index is 11.9. The number of nitrogens with two attached hydrogens (primary N) is 1. The van der Waals surface area contributed by atoms with Crippen molar-refractivity contribution < 1.29 is 9.63 Å². The van der Waals surface area contributed by atoms with Gasteiger partial charge < -0.3 is 10.6 Å². The van der Waals surface area contributed by atoms with E-state index in [2.05, 4.69) is 5.16 Å². The fraction of sp³-hybridized carbons (Fsp3) is 0.200. The summed E-state index contributed by atoms with van der Waals surface area (Å²) in [6, 6.07) is 11.2. The topological polar surface area (TPSA) is 64.7 Å². The maximum atomic E-state index is 11.9. The lowest BCUT2D eigenvalue weighted by molar-refractivity contribution is -0.145. The van der Waals surface area contributed by atoms with Crippen LogP contribution < -0.4 is 5.73 Å². The lowest BCUT2D eigenvalue weighted by atomic mass is 10.1. The molecule has 1 aromatic carbocycles. The van der Waals surface area contributed by atoms with Crippen LogP contribution in [-0.4, -0.2) is 11.8 Å². The van der Waals surface area contributed by atoms with E-state index in [1.165, 1.54) is 11.3 Å². The van der Waals surface area contributed by atoms with Crippen molar-refractivity contribution >= 4 is 34.7 Å². The predicted octanol–water partition coefficient (Wildman–Crippen LogP) is 3.37. The Kier molecular flexibility index (Phi) is 3.94. The number of thiophene rings is 1. The summed E-state index contributed by atoms with van der Waals surface area (Å²) in [5.74, 6) is -0.0736. The van der Waals surface area contributed by atoms with Crippen LogP contribution >= 0.6 is 22.9 Å². The SMILES string of the molecule is N/C(=N\OC(=O)C1CC1c1ccc(Cl)cc1)c1cccs1. The van der Waals surface area contributed by atoms with Gasteiger partial charge >= 0.3 is 5.97 Å². The number of nitrogens with zero attached hydrogens (tertiary/aromatic N) is 1. The molecule has 1 saturated carbocycles. The van der Waals surface area contributed by atoms with Crippen LogP contribution in [0, 0.1) is 5.92 Å². The number of carbonyl (C=O) groups is 1. The average Bonchev–Trinajstić information content (AvgIpc) is 3.09. The number of carbonyl (C=O) groups excluding carboxylic acids is 1. The second kappa shape index (κ2) is 5.87. The van der Waals surface area contributed by atoms with E-state index in [0.29, 0.717) is 5.02 Å². The summed E-state index contributed by atoms with van der Waals surface area (Å²) in [7, 11) is 0. The molecule has 0 saturated heterocycles. The van der Waals surface area contributed by atoms with Gasteiger partial charge in [0.25, 0.3) is 0 Å². The Labute approximate surface area is 131 Å². The molecule has 1 fully saturated rings. The first-order chi connectivity index (χ1) is 10.1. The van der Waals surface area contributed by atoms with Crippen molar-refractivity contribution in [1.29, 1.82) is 0 Å². The van der Waals surface area contributed by atoms with Crippen molar-refractivity contribution in [2.45, 2.75) is 12.3 Å². The smallest absolute Gasteiger partial charge is 0.338 e. The van der Waals surface area contributed by atoms with Crippen LogP contribution in [0.2, 0.25) is 5.02 Å². The molecule has 0 spiro atoms. The number of hydrogen-bond donors (Lipinski definition) is 1. The number of hydrogen-bond acceptors (Lipinski definition) is 4. The zero-order valence-corrected chi connectivity index (χ0v) is 12.6. The molecule has 2 aromatic rings. The summed E-state index contributed by atoms with van der Waals surface area (Å²) >= 11 is 7.29. The Bertz CT molecular complexity index is 667. The minimum Gasteiger partial charge on any atom is -0.380 e. The normalized spacial score (nSPS) is 21.1. The number of benzene rings is 1. The molecule has 21 heavy (non-hydrogen) atoms. The van der Waals surface area contributed by atoms with Crippen LogP contribution in [0.25, 0.3) is 0 Å². The number of rotatable bonds is 4. The van der Waals surface area contributed by atoms with Gasteiger partial charge in [-0.05, 0) is 41.5 Å². The lowest BCUT2D eigenvalue weighted by Gasteiger charge is -2.00. The Hall–Kier alpha value is -1.85. The van der Waals surface area contributed by atoms with Crippen molar-refractivity contribution in [3.8, 4) is 0 Å². The third kappa shape index (κ3) is 3.25. The van der Waals surface area contributed by atoms with Crippen molar-refractivity contribution in [3.05, 3.63) is 57.2 Å². The van der Waals surface area contributed by atoms with E-state index >= 15 is 0 Å². The van der Waals surface area contributed by atoms with Gasteiger partial charge in [-0.15, -0.1) is 11.3 Å². The molecule has 2 atom stereocenters. The zero-order valence-electron chi connectivity index (χ0n) is 11.0. The Morgan fingerprint density at radius 2 is 2.10 bits per heavy atom. The van der Waals surface area contributed by atoms with Crippen molar-refractivity contribution in [2.24, 2.45) is 16.8 Å². The average molecular weight is 321 g/mol. The summed E-state index contributed by atoms with van der Waals surface area (Å²) in [6.45, 7) is 0. The predicted molar refractivity (Wildman–Crippen MR) is 83.4 cm³/mol. The molecule has 0 aliphatic heterocycles. The summed E-state index contributed by atoms with van der Waals surface area (Å²) in [5, 5.41) is 6.28. The van der Waals surface area contributed by atoms with Crippen LogP contribution in [0.4, 0.5) is 0 Å². The van der Waals surface area contributed by atoms with Crippen LogP contribution in [0.1, 0.15) is 22.8 Å². The van der Waals surface area contributed by atoms with Crippen LogP contribution in [-0.2, 0) is 9.63 Å². The van der Waals surface area contributed by atoms with Crippen molar-refractivity contribution in [1.82, 2.24) is 0 Å². The van der Waals surface area contributed by atoms with E-state index in [1.807, 2.05) is 41.8 Å². The second-order valence-corrected chi connectivity index (χ2v) is 6.25. The van der Waals surface area contributed by atoms with Crippen LogP contribution in [0.3, 0.4) is 0 Å². The molecule has 1 aliphatic rings. The largest absolute Gasteiger partial charge is 0.380 e. The third-order valence-corrected chi connectivity index (χ3v) is 4.54. The highest BCUT2D eigenvalue weighted by Gasteiger charge is 2.45. The minimum atomic E-state index is -0.338. The molecule has 0 radical (unpaired) electrons. The van der Waals surface area contributed by atoms with E-state index in [9.17, 15) is 4.79 Å². The second-order valence-electron chi connectivity index (χ2n) is 4.86. The minimum absolute atomic E-state index is 0.147. The molecule has 3 rings (SSSR count). The van der Waals surface area contributed by atoms with Gasteiger partial charge in [-0.25, -0.2) is 4.79 Å². The van der Waals surface area contributed by atoms with Gasteiger partial charge in [0.05, 0.1) is 10.8 Å². The Morgan fingerprint density at radius 1 is 1.33 bits per heavy atom. The highest BCUT2D eigenvalue weighted by Crippen LogP contribution is 2.48. The molecular formula is C15H13ClN2O2S. The van der Waals surface area contributed by atoms with Gasteiger partial charge in [0.2, 0.25) is 0 Å². The van der Waals surface area contributed by atoms with Gasteiger partial charge in [-0.2, -0.15) is 0 Å². The first-order valence-electron chi connectivity index (χ1n) is 6.49. The van der Waals surface area contributed by atoms with E-state index < -0.39 is 0 Å². The molecule has 6 heteroatoms. The Balaban J connectivity index is 1.58. The molecule has 1 aromatic heterocycles. The van der Waals surface area contributed by atoms with Gasteiger partial charge in [0, 0.05) is 5.02 Å². The molecule has 2 unspecified atom stereocenters. The highest BCUT2D eigenvalue weighted by molar-refractivity contribution is 7.12. The molecule has 1 heterocycles. The summed E-state index contributed by atoms with van der Waals surface area (Å²) < 4.78 is 0. The Morgan fingerprint density at radius 3 is 2.76 bits per heavy atom. The summed E-state index contributed by atoms with van der Waals surface area (Å²) in [4.78, 5) is 17.6. The van der Waals surface area contributed by atoms with Crippen LogP contribution in [0.15, 0.2) is 46.9 Å². The molecule has 0 bridgehead atoms. The monoisotopic (exact) mass is 320 g/mol. The van der Waals surface area contributed by atoms with Gasteiger partial charge in [-0.3, -0.25) is 0 Å². The molecular weight excluding hydrogens is 308 g/mol. The van der Waals surface area contributed by atoms with E-state index in [1.54, 1.807) is 0 Å². The standard InChI is InChI=1S/C15H13ClN2O2S/c16-10-5-3-9(4-6-10)11-8-12(11)15(19)20-18-14(17)13-2-1-7-21-13/h1-7,11-12H,8H2,(H2,17,18). The highest BCUT2D eigenvalue weighted by atomic mass is 35.5. The number of oxime groups is 1. The first-order valence-corrected chi connectivity index (χ1v) is 7.74. The van der Waals surface area contributed by atoms with Gasteiger partial charge in [-0.1, -0.05) is 35.0 Å². The lowest BCUT2D eigenvalue weighted by Crippen LogP contribution is -2.14. The maximum Gasteiger partial charge on any atom is 0.338 e. The molecule has 108 valence electrons.